The Balaban J connectivity index is 1.72. The van der Waals surface area contributed by atoms with Crippen LogP contribution in [0.3, 0.4) is 0 Å². The third-order valence-corrected chi connectivity index (χ3v) is 5.57. The van der Waals surface area contributed by atoms with E-state index in [-0.39, 0.29) is 29.1 Å². The van der Waals surface area contributed by atoms with Crippen molar-refractivity contribution >= 4 is 16.9 Å². The number of fused-ring (bicyclic) bond motifs is 2. The van der Waals surface area contributed by atoms with Gasteiger partial charge < -0.3 is 9.32 Å². The number of halogens is 2. The van der Waals surface area contributed by atoms with Gasteiger partial charge in [0.05, 0.1) is 17.0 Å². The molecule has 0 spiro atoms. The van der Waals surface area contributed by atoms with Crippen LogP contribution in [0, 0.1) is 18.6 Å². The van der Waals surface area contributed by atoms with E-state index < -0.39 is 17.8 Å². The molecule has 0 N–H and O–H groups in total. The van der Waals surface area contributed by atoms with Gasteiger partial charge in [-0.25, -0.2) is 8.78 Å². The zero-order valence-electron chi connectivity index (χ0n) is 16.6. The summed E-state index contributed by atoms with van der Waals surface area (Å²) >= 11 is 0. The number of hydrogen-bond donors (Lipinski definition) is 0. The highest BCUT2D eigenvalue weighted by Gasteiger charge is 2.42. The molecule has 5 rings (SSSR count). The maximum Gasteiger partial charge on any atom is 0.291 e. The summed E-state index contributed by atoms with van der Waals surface area (Å²) in [6, 6.07) is 16.0. The van der Waals surface area contributed by atoms with Gasteiger partial charge in [0, 0.05) is 6.54 Å². The van der Waals surface area contributed by atoms with Gasteiger partial charge in [-0.1, -0.05) is 35.9 Å². The predicted octanol–water partition coefficient (Wildman–Crippen LogP) is 5.13. The fourth-order valence-corrected chi connectivity index (χ4v) is 4.08. The SMILES string of the molecule is Cc1ccc2oc3c(c(=O)c2c1)C(c1ccc(F)cc1)N(Cc1ccc(F)cc1)C3=O. The van der Waals surface area contributed by atoms with Crippen molar-refractivity contribution in [3.8, 4) is 0 Å². The first-order chi connectivity index (χ1) is 14.9. The normalized spacial score (nSPS) is 15.5. The van der Waals surface area contributed by atoms with Crippen LogP contribution in [0.1, 0.15) is 38.9 Å². The fourth-order valence-electron chi connectivity index (χ4n) is 4.08. The second-order valence-electron chi connectivity index (χ2n) is 7.69. The number of aryl methyl sites for hydroxylation is 1. The molecule has 154 valence electrons. The van der Waals surface area contributed by atoms with Crippen LogP contribution in [0.15, 0.2) is 75.9 Å². The van der Waals surface area contributed by atoms with Gasteiger partial charge in [0.25, 0.3) is 5.91 Å². The monoisotopic (exact) mass is 417 g/mol. The first kappa shape index (κ1) is 19.2. The van der Waals surface area contributed by atoms with E-state index >= 15 is 0 Å². The Kier molecular flexibility index (Phi) is 4.43. The Morgan fingerprint density at radius 1 is 0.903 bits per heavy atom. The molecule has 1 aliphatic heterocycles. The molecule has 0 bridgehead atoms. The molecule has 0 saturated heterocycles. The summed E-state index contributed by atoms with van der Waals surface area (Å²) in [5.74, 6) is -1.25. The molecule has 1 unspecified atom stereocenters. The average Bonchev–Trinajstić information content (AvgIpc) is 3.03. The molecule has 1 aliphatic rings. The molecule has 0 radical (unpaired) electrons. The van der Waals surface area contributed by atoms with Crippen LogP contribution in [-0.4, -0.2) is 10.8 Å². The number of rotatable bonds is 3. The van der Waals surface area contributed by atoms with Crippen molar-refractivity contribution in [1.29, 1.82) is 0 Å². The molecule has 0 fully saturated rings. The standard InChI is InChI=1S/C25H17F2NO3/c1-14-2-11-20-19(12-14)23(29)21-22(16-5-9-18(27)10-6-16)28(25(30)24(21)31-20)13-15-3-7-17(26)8-4-15/h2-12,22H,13H2,1H3. The largest absolute Gasteiger partial charge is 0.450 e. The van der Waals surface area contributed by atoms with Crippen molar-refractivity contribution in [2.24, 2.45) is 0 Å². The summed E-state index contributed by atoms with van der Waals surface area (Å²) in [6.45, 7) is 2.01. The van der Waals surface area contributed by atoms with Crippen LogP contribution in [-0.2, 0) is 6.54 Å². The van der Waals surface area contributed by atoms with E-state index in [0.717, 1.165) is 5.56 Å². The molecule has 3 aromatic carbocycles. The lowest BCUT2D eigenvalue weighted by Crippen LogP contribution is -2.29. The molecule has 31 heavy (non-hydrogen) atoms. The summed E-state index contributed by atoms with van der Waals surface area (Å²) in [4.78, 5) is 28.3. The third-order valence-electron chi connectivity index (χ3n) is 5.57. The number of benzene rings is 3. The molecule has 1 aromatic heterocycles. The van der Waals surface area contributed by atoms with Crippen molar-refractivity contribution < 1.29 is 18.0 Å². The van der Waals surface area contributed by atoms with Crippen molar-refractivity contribution in [3.63, 3.8) is 0 Å². The van der Waals surface area contributed by atoms with Crippen molar-refractivity contribution in [3.05, 3.63) is 117 Å². The number of carbonyl (C=O) groups is 1. The third kappa shape index (κ3) is 3.20. The van der Waals surface area contributed by atoms with Crippen molar-refractivity contribution in [2.45, 2.75) is 19.5 Å². The van der Waals surface area contributed by atoms with Crippen LogP contribution in [0.2, 0.25) is 0 Å². The molecule has 0 aliphatic carbocycles. The highest BCUT2D eigenvalue weighted by Crippen LogP contribution is 2.39. The van der Waals surface area contributed by atoms with Gasteiger partial charge in [-0.2, -0.15) is 0 Å². The van der Waals surface area contributed by atoms with Gasteiger partial charge in [-0.3, -0.25) is 9.59 Å². The average molecular weight is 417 g/mol. The van der Waals surface area contributed by atoms with E-state index in [2.05, 4.69) is 0 Å². The van der Waals surface area contributed by atoms with Crippen LogP contribution in [0.4, 0.5) is 8.78 Å². The lowest BCUT2D eigenvalue weighted by molar-refractivity contribution is 0.0714. The van der Waals surface area contributed by atoms with E-state index in [4.69, 9.17) is 4.42 Å². The van der Waals surface area contributed by atoms with E-state index in [0.29, 0.717) is 22.1 Å². The Morgan fingerprint density at radius 2 is 1.55 bits per heavy atom. The molecule has 1 atom stereocenters. The van der Waals surface area contributed by atoms with E-state index in [1.54, 1.807) is 36.4 Å². The lowest BCUT2D eigenvalue weighted by Gasteiger charge is -2.25. The fraction of sp³-hybridized carbons (Fsp3) is 0.120. The molecule has 2 heterocycles. The summed E-state index contributed by atoms with van der Waals surface area (Å²) in [5, 5.41) is 0.391. The Bertz CT molecular complexity index is 1380. The summed E-state index contributed by atoms with van der Waals surface area (Å²) in [5.41, 5.74) is 2.47. The zero-order valence-corrected chi connectivity index (χ0v) is 16.6. The molecular formula is C25H17F2NO3. The van der Waals surface area contributed by atoms with Crippen LogP contribution < -0.4 is 5.43 Å². The number of amides is 1. The minimum absolute atomic E-state index is 0.0159. The van der Waals surface area contributed by atoms with E-state index in [9.17, 15) is 18.4 Å². The van der Waals surface area contributed by atoms with E-state index in [1.807, 2.05) is 13.0 Å². The number of hydrogen-bond acceptors (Lipinski definition) is 3. The van der Waals surface area contributed by atoms with Crippen molar-refractivity contribution in [2.75, 3.05) is 0 Å². The summed E-state index contributed by atoms with van der Waals surface area (Å²) in [6.07, 6.45) is 0. The second-order valence-corrected chi connectivity index (χ2v) is 7.69. The first-order valence-corrected chi connectivity index (χ1v) is 9.80. The maximum atomic E-state index is 13.6. The van der Waals surface area contributed by atoms with Gasteiger partial charge in [0.15, 0.2) is 5.43 Å². The highest BCUT2D eigenvalue weighted by molar-refractivity contribution is 5.99. The molecule has 4 nitrogen and oxygen atoms in total. The van der Waals surface area contributed by atoms with Crippen LogP contribution >= 0.6 is 0 Å². The smallest absolute Gasteiger partial charge is 0.291 e. The van der Waals surface area contributed by atoms with Crippen LogP contribution in [0.25, 0.3) is 11.0 Å². The molecule has 6 heteroatoms. The topological polar surface area (TPSA) is 50.5 Å². The Labute approximate surface area is 176 Å². The van der Waals surface area contributed by atoms with Gasteiger partial charge >= 0.3 is 0 Å². The predicted molar refractivity (Wildman–Crippen MR) is 112 cm³/mol. The number of carbonyl (C=O) groups excluding carboxylic acids is 1. The zero-order chi connectivity index (χ0) is 21.7. The lowest BCUT2D eigenvalue weighted by atomic mass is 9.98. The number of nitrogens with zero attached hydrogens (tertiary/aromatic N) is 1. The van der Waals surface area contributed by atoms with Crippen LogP contribution in [0.5, 0.6) is 0 Å². The minimum Gasteiger partial charge on any atom is -0.450 e. The molecule has 1 amide bonds. The Hall–Kier alpha value is -3.80. The Morgan fingerprint density at radius 3 is 2.23 bits per heavy atom. The minimum atomic E-state index is -0.741. The van der Waals surface area contributed by atoms with E-state index in [1.165, 1.54) is 29.2 Å². The highest BCUT2D eigenvalue weighted by atomic mass is 19.1. The van der Waals surface area contributed by atoms with Gasteiger partial charge in [0.2, 0.25) is 5.76 Å². The molecular weight excluding hydrogens is 400 g/mol. The summed E-state index contributed by atoms with van der Waals surface area (Å²) in [7, 11) is 0. The maximum absolute atomic E-state index is 13.6. The van der Waals surface area contributed by atoms with Gasteiger partial charge in [0.1, 0.15) is 17.2 Å². The molecule has 0 saturated carbocycles. The van der Waals surface area contributed by atoms with Gasteiger partial charge in [-0.05, 0) is 54.4 Å². The summed E-state index contributed by atoms with van der Waals surface area (Å²) < 4.78 is 32.8. The quantitative estimate of drug-likeness (QED) is 0.465. The second kappa shape index (κ2) is 7.16. The van der Waals surface area contributed by atoms with Crippen molar-refractivity contribution in [1.82, 2.24) is 4.90 Å². The first-order valence-electron chi connectivity index (χ1n) is 9.80. The molecule has 4 aromatic rings. The van der Waals surface area contributed by atoms with Gasteiger partial charge in [-0.15, -0.1) is 0 Å².